The summed E-state index contributed by atoms with van der Waals surface area (Å²) in [5.41, 5.74) is 2.19. The molecule has 2 aromatic rings. The van der Waals surface area contributed by atoms with Crippen LogP contribution in [0.2, 0.25) is 0 Å². The van der Waals surface area contributed by atoms with Crippen LogP contribution in [-0.2, 0) is 4.79 Å². The fourth-order valence-corrected chi connectivity index (χ4v) is 2.45. The fourth-order valence-electron chi connectivity index (χ4n) is 2.45. The average molecular weight is 279 g/mol. The first-order valence-corrected chi connectivity index (χ1v) is 6.61. The summed E-state index contributed by atoms with van der Waals surface area (Å²) in [4.78, 5) is 19.8. The van der Waals surface area contributed by atoms with Crippen LogP contribution in [0.5, 0.6) is 0 Å². The highest BCUT2D eigenvalue weighted by molar-refractivity contribution is 5.94. The van der Waals surface area contributed by atoms with Crippen molar-refractivity contribution in [2.45, 2.75) is 12.3 Å². The number of para-hydroxylation sites is 1. The van der Waals surface area contributed by atoms with E-state index in [0.717, 1.165) is 11.3 Å². The van der Waals surface area contributed by atoms with Crippen molar-refractivity contribution >= 4 is 17.4 Å². The summed E-state index contributed by atoms with van der Waals surface area (Å²) in [5, 5.41) is 15.0. The minimum Gasteiger partial charge on any atom is -0.367 e. The molecule has 1 unspecified atom stereocenters. The summed E-state index contributed by atoms with van der Waals surface area (Å²) in [6.45, 7) is 0.526. The second-order valence-electron chi connectivity index (χ2n) is 4.78. The highest BCUT2D eigenvalue weighted by Crippen LogP contribution is 2.31. The van der Waals surface area contributed by atoms with Crippen molar-refractivity contribution < 1.29 is 4.79 Å². The molecule has 1 aliphatic rings. The molecule has 0 fully saturated rings. The van der Waals surface area contributed by atoms with Gasteiger partial charge < -0.3 is 10.6 Å². The van der Waals surface area contributed by atoms with Crippen LogP contribution in [0.1, 0.15) is 23.6 Å². The number of rotatable bonds is 3. The van der Waals surface area contributed by atoms with Gasteiger partial charge in [0.1, 0.15) is 6.07 Å². The molecule has 1 aromatic heterocycles. The smallest absolute Gasteiger partial charge is 0.225 e. The van der Waals surface area contributed by atoms with Gasteiger partial charge >= 0.3 is 0 Å². The average Bonchev–Trinajstić information content (AvgIpc) is 2.52. The van der Waals surface area contributed by atoms with Crippen LogP contribution in [-0.4, -0.2) is 22.4 Å². The minimum absolute atomic E-state index is 0.000141. The van der Waals surface area contributed by atoms with Crippen molar-refractivity contribution in [2.75, 3.05) is 17.2 Å². The van der Waals surface area contributed by atoms with Crippen LogP contribution in [0, 0.1) is 11.3 Å². The second-order valence-corrected chi connectivity index (χ2v) is 4.78. The van der Waals surface area contributed by atoms with Crippen LogP contribution < -0.4 is 10.6 Å². The number of hydrogen-bond donors (Lipinski definition) is 2. The van der Waals surface area contributed by atoms with Gasteiger partial charge in [-0.25, -0.2) is 9.97 Å². The molecule has 21 heavy (non-hydrogen) atoms. The number of hydrogen-bond acceptors (Lipinski definition) is 5. The third-order valence-corrected chi connectivity index (χ3v) is 3.43. The van der Waals surface area contributed by atoms with Crippen LogP contribution in [0.15, 0.2) is 36.7 Å². The lowest BCUT2D eigenvalue weighted by Gasteiger charge is -2.25. The normalized spacial score (nSPS) is 16.5. The Bertz CT molecular complexity index is 722. The molecule has 1 aliphatic heterocycles. The number of nitriles is 1. The zero-order valence-corrected chi connectivity index (χ0v) is 11.2. The maximum absolute atomic E-state index is 11.8. The Kier molecular flexibility index (Phi) is 3.48. The summed E-state index contributed by atoms with van der Waals surface area (Å²) < 4.78 is 0. The zero-order chi connectivity index (χ0) is 14.7. The molecule has 1 amide bonds. The largest absolute Gasteiger partial charge is 0.367 e. The maximum atomic E-state index is 11.8. The molecular formula is C15H13N5O. The van der Waals surface area contributed by atoms with Gasteiger partial charge in [-0.2, -0.15) is 5.26 Å². The van der Waals surface area contributed by atoms with Gasteiger partial charge in [-0.15, -0.1) is 0 Å². The highest BCUT2D eigenvalue weighted by atomic mass is 16.1. The van der Waals surface area contributed by atoms with E-state index in [1.54, 1.807) is 0 Å². The van der Waals surface area contributed by atoms with Crippen LogP contribution in [0.25, 0.3) is 0 Å². The predicted molar refractivity (Wildman–Crippen MR) is 77.7 cm³/mol. The second kappa shape index (κ2) is 5.59. The van der Waals surface area contributed by atoms with Crippen molar-refractivity contribution in [3.63, 3.8) is 0 Å². The number of carbonyl (C=O) groups is 1. The summed E-state index contributed by atoms with van der Waals surface area (Å²) in [7, 11) is 0. The van der Waals surface area contributed by atoms with E-state index in [9.17, 15) is 4.79 Å². The van der Waals surface area contributed by atoms with Crippen molar-refractivity contribution in [1.82, 2.24) is 9.97 Å². The Morgan fingerprint density at radius 3 is 3.00 bits per heavy atom. The fraction of sp³-hybridized carbons (Fsp3) is 0.200. The van der Waals surface area contributed by atoms with E-state index in [2.05, 4.69) is 20.6 Å². The molecule has 104 valence electrons. The topological polar surface area (TPSA) is 90.7 Å². The monoisotopic (exact) mass is 279 g/mol. The number of nitrogens with zero attached hydrogens (tertiary/aromatic N) is 3. The Morgan fingerprint density at radius 1 is 1.33 bits per heavy atom. The first-order chi connectivity index (χ1) is 10.3. The Labute approximate surface area is 121 Å². The van der Waals surface area contributed by atoms with Gasteiger partial charge in [0.2, 0.25) is 5.91 Å². The molecule has 0 radical (unpaired) electrons. The third-order valence-electron chi connectivity index (χ3n) is 3.43. The van der Waals surface area contributed by atoms with E-state index >= 15 is 0 Å². The minimum atomic E-state index is 0.000141. The summed E-state index contributed by atoms with van der Waals surface area (Å²) in [6.07, 6.45) is 3.42. The lowest BCUT2D eigenvalue weighted by atomic mass is 9.90. The molecule has 0 spiro atoms. The van der Waals surface area contributed by atoms with Crippen LogP contribution in [0.4, 0.5) is 11.5 Å². The third kappa shape index (κ3) is 2.67. The van der Waals surface area contributed by atoms with E-state index in [0.29, 0.717) is 18.8 Å². The predicted octanol–water partition coefficient (Wildman–Crippen LogP) is 1.89. The molecule has 6 heteroatoms. The molecule has 2 N–H and O–H groups in total. The molecule has 0 saturated heterocycles. The number of fused-ring (bicyclic) bond motifs is 1. The van der Waals surface area contributed by atoms with Gasteiger partial charge in [0, 0.05) is 37.0 Å². The number of amides is 1. The lowest BCUT2D eigenvalue weighted by molar-refractivity contribution is -0.116. The van der Waals surface area contributed by atoms with E-state index in [1.807, 2.05) is 30.3 Å². The van der Waals surface area contributed by atoms with E-state index in [1.165, 1.54) is 12.4 Å². The summed E-state index contributed by atoms with van der Waals surface area (Å²) in [5.74, 6) is 0.493. The van der Waals surface area contributed by atoms with E-state index in [-0.39, 0.29) is 17.5 Å². The summed E-state index contributed by atoms with van der Waals surface area (Å²) >= 11 is 0. The van der Waals surface area contributed by atoms with Gasteiger partial charge in [0.05, 0.1) is 0 Å². The number of anilines is 2. The Hall–Kier alpha value is -2.94. The van der Waals surface area contributed by atoms with Gasteiger partial charge in [-0.05, 0) is 11.6 Å². The first-order valence-electron chi connectivity index (χ1n) is 6.61. The molecule has 0 saturated carbocycles. The molecular weight excluding hydrogens is 266 g/mol. The van der Waals surface area contributed by atoms with E-state index in [4.69, 9.17) is 5.26 Å². The van der Waals surface area contributed by atoms with Crippen molar-refractivity contribution in [3.8, 4) is 6.07 Å². The SMILES string of the molecule is N#Cc1nccnc1NCC1CC(=O)Nc2ccccc21. The lowest BCUT2D eigenvalue weighted by Crippen LogP contribution is -2.27. The molecule has 6 nitrogen and oxygen atoms in total. The summed E-state index contributed by atoms with van der Waals surface area (Å²) in [6, 6.07) is 9.74. The molecule has 2 heterocycles. The Balaban J connectivity index is 1.80. The van der Waals surface area contributed by atoms with Gasteiger partial charge in [0.15, 0.2) is 11.5 Å². The number of benzene rings is 1. The molecule has 3 rings (SSSR count). The number of aromatic nitrogens is 2. The van der Waals surface area contributed by atoms with Crippen LogP contribution in [0.3, 0.4) is 0 Å². The highest BCUT2D eigenvalue weighted by Gasteiger charge is 2.24. The van der Waals surface area contributed by atoms with Gasteiger partial charge in [-0.3, -0.25) is 4.79 Å². The number of nitrogens with one attached hydrogen (secondary N) is 2. The number of carbonyl (C=O) groups excluding carboxylic acids is 1. The molecule has 1 aromatic carbocycles. The van der Waals surface area contributed by atoms with Crippen molar-refractivity contribution in [1.29, 1.82) is 5.26 Å². The van der Waals surface area contributed by atoms with Crippen LogP contribution >= 0.6 is 0 Å². The quantitative estimate of drug-likeness (QED) is 0.895. The standard InChI is InChI=1S/C15H13N5O/c16-8-13-15(18-6-5-17-13)19-9-10-7-14(21)20-12-4-2-1-3-11(10)12/h1-6,10H,7,9H2,(H,18,19)(H,20,21). The molecule has 1 atom stereocenters. The van der Waals surface area contributed by atoms with Crippen molar-refractivity contribution in [2.24, 2.45) is 0 Å². The van der Waals surface area contributed by atoms with Crippen molar-refractivity contribution in [3.05, 3.63) is 47.9 Å². The van der Waals surface area contributed by atoms with Gasteiger partial charge in [0.25, 0.3) is 0 Å². The molecule has 0 bridgehead atoms. The van der Waals surface area contributed by atoms with Gasteiger partial charge in [-0.1, -0.05) is 18.2 Å². The van der Waals surface area contributed by atoms with E-state index < -0.39 is 0 Å². The molecule has 0 aliphatic carbocycles. The maximum Gasteiger partial charge on any atom is 0.225 e. The first kappa shape index (κ1) is 13.1. The zero-order valence-electron chi connectivity index (χ0n) is 11.2. The Morgan fingerprint density at radius 2 is 2.14 bits per heavy atom.